The van der Waals surface area contributed by atoms with Crippen molar-refractivity contribution in [3.8, 4) is 6.07 Å². The predicted molar refractivity (Wildman–Crippen MR) is 59.0 cm³/mol. The van der Waals surface area contributed by atoms with Crippen molar-refractivity contribution in [3.63, 3.8) is 0 Å². The van der Waals surface area contributed by atoms with Gasteiger partial charge in [-0.2, -0.15) is 5.26 Å². The largest absolute Gasteiger partial charge is 0.336 e. The third kappa shape index (κ3) is 2.50. The standard InChI is InChI=1S/C12H20N2O/c1-4-6-10(9-13)11(15)14-8-5-7-12(14,2)3/h10H,4-8H2,1-3H3. The third-order valence-corrected chi connectivity index (χ3v) is 3.20. The lowest BCUT2D eigenvalue weighted by Gasteiger charge is -2.33. The lowest BCUT2D eigenvalue weighted by molar-refractivity contribution is -0.137. The predicted octanol–water partition coefficient (Wildman–Crippen LogP) is 2.33. The highest BCUT2D eigenvalue weighted by Gasteiger charge is 2.37. The quantitative estimate of drug-likeness (QED) is 0.714. The van der Waals surface area contributed by atoms with Crippen molar-refractivity contribution in [1.29, 1.82) is 5.26 Å². The molecule has 0 radical (unpaired) electrons. The molecule has 1 heterocycles. The van der Waals surface area contributed by atoms with Crippen LogP contribution in [0.3, 0.4) is 0 Å². The van der Waals surface area contributed by atoms with E-state index >= 15 is 0 Å². The molecule has 3 heteroatoms. The van der Waals surface area contributed by atoms with Gasteiger partial charge in [0.25, 0.3) is 0 Å². The third-order valence-electron chi connectivity index (χ3n) is 3.20. The summed E-state index contributed by atoms with van der Waals surface area (Å²) in [5.74, 6) is -0.408. The van der Waals surface area contributed by atoms with Crippen molar-refractivity contribution in [2.75, 3.05) is 6.54 Å². The van der Waals surface area contributed by atoms with E-state index in [1.54, 1.807) is 0 Å². The molecule has 1 rings (SSSR count). The molecule has 3 nitrogen and oxygen atoms in total. The van der Waals surface area contributed by atoms with Crippen molar-refractivity contribution in [2.45, 2.75) is 52.0 Å². The lowest BCUT2D eigenvalue weighted by atomic mass is 9.98. The number of likely N-dealkylation sites (tertiary alicyclic amines) is 1. The molecule has 0 aliphatic carbocycles. The molecule has 1 aliphatic heterocycles. The van der Waals surface area contributed by atoms with Crippen molar-refractivity contribution in [3.05, 3.63) is 0 Å². The fraction of sp³-hybridized carbons (Fsp3) is 0.833. The number of amides is 1. The number of nitriles is 1. The summed E-state index contributed by atoms with van der Waals surface area (Å²) in [5, 5.41) is 8.96. The molecule has 0 aromatic rings. The molecule has 1 saturated heterocycles. The summed E-state index contributed by atoms with van der Waals surface area (Å²) in [4.78, 5) is 14.0. The average molecular weight is 208 g/mol. The van der Waals surface area contributed by atoms with Gasteiger partial charge in [0.05, 0.1) is 6.07 Å². The molecular formula is C12H20N2O. The number of hydrogen-bond donors (Lipinski definition) is 0. The highest BCUT2D eigenvalue weighted by molar-refractivity contribution is 5.82. The van der Waals surface area contributed by atoms with Gasteiger partial charge in [0.1, 0.15) is 5.92 Å². The van der Waals surface area contributed by atoms with Gasteiger partial charge in [0.2, 0.25) is 5.91 Å². The van der Waals surface area contributed by atoms with Crippen molar-refractivity contribution < 1.29 is 4.79 Å². The van der Waals surface area contributed by atoms with Crippen molar-refractivity contribution in [2.24, 2.45) is 5.92 Å². The summed E-state index contributed by atoms with van der Waals surface area (Å²) in [6, 6.07) is 2.13. The molecule has 0 bridgehead atoms. The highest BCUT2D eigenvalue weighted by atomic mass is 16.2. The Hall–Kier alpha value is -1.04. The first-order valence-corrected chi connectivity index (χ1v) is 5.74. The fourth-order valence-electron chi connectivity index (χ4n) is 2.24. The first-order valence-electron chi connectivity index (χ1n) is 5.74. The van der Waals surface area contributed by atoms with Gasteiger partial charge in [-0.1, -0.05) is 13.3 Å². The number of hydrogen-bond acceptors (Lipinski definition) is 2. The highest BCUT2D eigenvalue weighted by Crippen LogP contribution is 2.30. The van der Waals surface area contributed by atoms with Crippen molar-refractivity contribution in [1.82, 2.24) is 4.90 Å². The van der Waals surface area contributed by atoms with Crippen LogP contribution in [0.4, 0.5) is 0 Å². The van der Waals surface area contributed by atoms with Crippen LogP contribution >= 0.6 is 0 Å². The van der Waals surface area contributed by atoms with E-state index in [0.29, 0.717) is 6.42 Å². The number of carbonyl (C=O) groups excluding carboxylic acids is 1. The Balaban J connectivity index is 2.71. The van der Waals surface area contributed by atoms with Gasteiger partial charge in [0, 0.05) is 12.1 Å². The molecule has 1 amide bonds. The van der Waals surface area contributed by atoms with Crippen LogP contribution in [0, 0.1) is 17.2 Å². The first-order chi connectivity index (χ1) is 7.03. The molecule has 0 N–H and O–H groups in total. The van der Waals surface area contributed by atoms with E-state index in [4.69, 9.17) is 5.26 Å². The molecule has 84 valence electrons. The molecule has 1 atom stereocenters. The molecule has 1 aliphatic rings. The topological polar surface area (TPSA) is 44.1 Å². The molecule has 0 aromatic carbocycles. The van der Waals surface area contributed by atoms with E-state index in [0.717, 1.165) is 25.8 Å². The first kappa shape index (κ1) is 12.0. The molecule has 1 unspecified atom stereocenters. The molecule has 0 spiro atoms. The van der Waals surface area contributed by atoms with E-state index < -0.39 is 5.92 Å². The van der Waals surface area contributed by atoms with Crippen LogP contribution in [0.15, 0.2) is 0 Å². The Labute approximate surface area is 92.1 Å². The van der Waals surface area contributed by atoms with Crippen LogP contribution in [-0.2, 0) is 4.79 Å². The zero-order valence-electron chi connectivity index (χ0n) is 9.92. The van der Waals surface area contributed by atoms with Crippen LogP contribution in [0.25, 0.3) is 0 Å². The summed E-state index contributed by atoms with van der Waals surface area (Å²) < 4.78 is 0. The van der Waals surface area contributed by atoms with Crippen LogP contribution in [-0.4, -0.2) is 22.9 Å². The second-order valence-electron chi connectivity index (χ2n) is 4.88. The molecule has 0 saturated carbocycles. The summed E-state index contributed by atoms with van der Waals surface area (Å²) in [6.07, 6.45) is 3.67. The number of carbonyl (C=O) groups is 1. The summed E-state index contributed by atoms with van der Waals surface area (Å²) in [6.45, 7) is 6.98. The van der Waals surface area contributed by atoms with Gasteiger partial charge < -0.3 is 4.90 Å². The maximum absolute atomic E-state index is 12.1. The minimum Gasteiger partial charge on any atom is -0.336 e. The van der Waals surface area contributed by atoms with Gasteiger partial charge in [-0.05, 0) is 33.1 Å². The van der Waals surface area contributed by atoms with Crippen LogP contribution in [0.2, 0.25) is 0 Å². The second-order valence-corrected chi connectivity index (χ2v) is 4.88. The maximum atomic E-state index is 12.1. The van der Waals surface area contributed by atoms with Gasteiger partial charge in [-0.15, -0.1) is 0 Å². The second kappa shape index (κ2) is 4.65. The average Bonchev–Trinajstić information content (AvgIpc) is 2.53. The van der Waals surface area contributed by atoms with Crippen LogP contribution in [0.5, 0.6) is 0 Å². The van der Waals surface area contributed by atoms with Gasteiger partial charge in [0.15, 0.2) is 0 Å². The van der Waals surface area contributed by atoms with Gasteiger partial charge in [-0.25, -0.2) is 0 Å². The zero-order valence-corrected chi connectivity index (χ0v) is 9.92. The molecule has 15 heavy (non-hydrogen) atoms. The van der Waals surface area contributed by atoms with E-state index in [1.165, 1.54) is 0 Å². The normalized spacial score (nSPS) is 21.1. The van der Waals surface area contributed by atoms with E-state index in [2.05, 4.69) is 19.9 Å². The van der Waals surface area contributed by atoms with Crippen LogP contribution < -0.4 is 0 Å². The zero-order chi connectivity index (χ0) is 11.5. The van der Waals surface area contributed by atoms with Gasteiger partial charge >= 0.3 is 0 Å². The summed E-state index contributed by atoms with van der Waals surface area (Å²) in [7, 11) is 0. The monoisotopic (exact) mass is 208 g/mol. The molecular weight excluding hydrogens is 188 g/mol. The van der Waals surface area contributed by atoms with E-state index in [9.17, 15) is 4.79 Å². The minimum atomic E-state index is -0.438. The Bertz CT molecular complexity index is 278. The Kier molecular flexibility index (Phi) is 3.73. The fourth-order valence-corrected chi connectivity index (χ4v) is 2.24. The maximum Gasteiger partial charge on any atom is 0.240 e. The summed E-state index contributed by atoms with van der Waals surface area (Å²) >= 11 is 0. The Morgan fingerprint density at radius 1 is 1.60 bits per heavy atom. The van der Waals surface area contributed by atoms with E-state index in [1.807, 2.05) is 11.8 Å². The smallest absolute Gasteiger partial charge is 0.240 e. The number of nitrogens with zero attached hydrogens (tertiary/aromatic N) is 2. The SMILES string of the molecule is CCCC(C#N)C(=O)N1CCCC1(C)C. The lowest BCUT2D eigenvalue weighted by Crippen LogP contribution is -2.45. The Morgan fingerprint density at radius 3 is 2.67 bits per heavy atom. The Morgan fingerprint density at radius 2 is 2.27 bits per heavy atom. The molecule has 0 aromatic heterocycles. The summed E-state index contributed by atoms with van der Waals surface area (Å²) in [5.41, 5.74) is -0.0556. The minimum absolute atomic E-state index is 0.0295. The van der Waals surface area contributed by atoms with Crippen LogP contribution in [0.1, 0.15) is 46.5 Å². The van der Waals surface area contributed by atoms with E-state index in [-0.39, 0.29) is 11.4 Å². The van der Waals surface area contributed by atoms with Gasteiger partial charge in [-0.3, -0.25) is 4.79 Å². The number of rotatable bonds is 3. The van der Waals surface area contributed by atoms with Crippen molar-refractivity contribution >= 4 is 5.91 Å². The molecule has 1 fully saturated rings.